The summed E-state index contributed by atoms with van der Waals surface area (Å²) in [7, 11) is 0. The molecule has 0 saturated carbocycles. The maximum absolute atomic E-state index is 10.8. The third-order valence-corrected chi connectivity index (χ3v) is 4.25. The number of nitrogens with zero attached hydrogens (tertiary/aromatic N) is 2. The highest BCUT2D eigenvalue weighted by Crippen LogP contribution is 2.28. The van der Waals surface area contributed by atoms with Gasteiger partial charge in [0.2, 0.25) is 0 Å². The van der Waals surface area contributed by atoms with Crippen molar-refractivity contribution in [2.45, 2.75) is 20.3 Å². The zero-order chi connectivity index (χ0) is 15.6. The molecule has 2 atom stereocenters. The summed E-state index contributed by atoms with van der Waals surface area (Å²) < 4.78 is 0. The minimum atomic E-state index is -0.449. The van der Waals surface area contributed by atoms with Crippen molar-refractivity contribution in [3.63, 3.8) is 0 Å². The lowest BCUT2D eigenvalue weighted by Crippen LogP contribution is -2.44. The fraction of sp³-hybridized carbons (Fsp3) is 0.500. The van der Waals surface area contributed by atoms with Gasteiger partial charge in [-0.25, -0.2) is 0 Å². The molecule has 1 fully saturated rings. The molecule has 1 saturated heterocycles. The second-order valence-electron chi connectivity index (χ2n) is 5.70. The van der Waals surface area contributed by atoms with Gasteiger partial charge in [0.1, 0.15) is 0 Å². The van der Waals surface area contributed by atoms with E-state index < -0.39 is 4.92 Å². The molecule has 1 aromatic rings. The second-order valence-corrected chi connectivity index (χ2v) is 6.50. The Kier molecular flexibility index (Phi) is 5.00. The van der Waals surface area contributed by atoms with Crippen molar-refractivity contribution < 1.29 is 4.92 Å². The molecule has 0 unspecified atom stereocenters. The van der Waals surface area contributed by atoms with Crippen LogP contribution in [0.15, 0.2) is 18.2 Å². The number of nitro benzene ring substituents is 1. The highest BCUT2D eigenvalue weighted by molar-refractivity contribution is 7.80. The van der Waals surface area contributed by atoms with Gasteiger partial charge in [-0.05, 0) is 36.5 Å². The van der Waals surface area contributed by atoms with Crippen LogP contribution in [0.25, 0.3) is 0 Å². The van der Waals surface area contributed by atoms with E-state index in [1.807, 2.05) is 0 Å². The molecule has 1 aliphatic rings. The van der Waals surface area contributed by atoms with E-state index in [-0.39, 0.29) is 5.69 Å². The van der Waals surface area contributed by atoms with Gasteiger partial charge in [-0.3, -0.25) is 10.1 Å². The summed E-state index contributed by atoms with van der Waals surface area (Å²) in [6.07, 6.45) is 1.19. The number of rotatable bonds is 2. The summed E-state index contributed by atoms with van der Waals surface area (Å²) in [5.41, 5.74) is 0.465. The molecular weight excluding hydrogens is 310 g/mol. The van der Waals surface area contributed by atoms with Gasteiger partial charge in [0.15, 0.2) is 5.11 Å². The number of non-ortho nitro benzene ring substituents is 1. The molecule has 1 N–H and O–H groups in total. The van der Waals surface area contributed by atoms with Gasteiger partial charge in [-0.1, -0.05) is 25.4 Å². The summed E-state index contributed by atoms with van der Waals surface area (Å²) >= 11 is 11.5. The normalized spacial score (nSPS) is 22.0. The number of nitro groups is 1. The fourth-order valence-corrected chi connectivity index (χ4v) is 3.17. The van der Waals surface area contributed by atoms with E-state index in [9.17, 15) is 10.1 Å². The minimum absolute atomic E-state index is 0.00918. The third-order valence-electron chi connectivity index (χ3n) is 3.56. The summed E-state index contributed by atoms with van der Waals surface area (Å²) in [6, 6.07) is 4.29. The Bertz CT molecular complexity index is 557. The number of likely N-dealkylation sites (tertiary alicyclic amines) is 1. The van der Waals surface area contributed by atoms with Gasteiger partial charge >= 0.3 is 0 Å². The first-order valence-electron chi connectivity index (χ1n) is 6.86. The summed E-state index contributed by atoms with van der Waals surface area (Å²) in [4.78, 5) is 12.5. The van der Waals surface area contributed by atoms with E-state index in [1.54, 1.807) is 0 Å². The Hall–Kier alpha value is -1.40. The van der Waals surface area contributed by atoms with Crippen molar-refractivity contribution in [1.29, 1.82) is 0 Å². The van der Waals surface area contributed by atoms with Crippen LogP contribution in [0.2, 0.25) is 5.02 Å². The van der Waals surface area contributed by atoms with Crippen molar-refractivity contribution in [2.75, 3.05) is 18.4 Å². The summed E-state index contributed by atoms with van der Waals surface area (Å²) in [6.45, 7) is 6.18. The topological polar surface area (TPSA) is 58.4 Å². The molecule has 1 aliphatic heterocycles. The summed E-state index contributed by atoms with van der Waals surface area (Å²) in [5.74, 6) is 1.16. The van der Waals surface area contributed by atoms with Crippen LogP contribution in [-0.2, 0) is 0 Å². The Morgan fingerprint density at radius 3 is 2.62 bits per heavy atom. The zero-order valence-corrected chi connectivity index (χ0v) is 13.6. The first-order valence-corrected chi connectivity index (χ1v) is 7.65. The first kappa shape index (κ1) is 16.0. The van der Waals surface area contributed by atoms with E-state index in [0.29, 0.717) is 27.7 Å². The van der Waals surface area contributed by atoms with Gasteiger partial charge in [0.05, 0.1) is 15.6 Å². The van der Waals surface area contributed by atoms with Crippen LogP contribution < -0.4 is 5.32 Å². The molecular formula is C14H18ClN3O2S. The molecule has 1 heterocycles. The average Bonchev–Trinajstić information content (AvgIpc) is 2.39. The van der Waals surface area contributed by atoms with Gasteiger partial charge in [0, 0.05) is 25.2 Å². The fourth-order valence-electron chi connectivity index (χ4n) is 2.75. The Morgan fingerprint density at radius 1 is 1.43 bits per heavy atom. The van der Waals surface area contributed by atoms with E-state index in [1.165, 1.54) is 24.6 Å². The second kappa shape index (κ2) is 6.58. The minimum Gasteiger partial charge on any atom is -0.348 e. The predicted molar refractivity (Wildman–Crippen MR) is 88.8 cm³/mol. The van der Waals surface area contributed by atoms with E-state index >= 15 is 0 Å². The van der Waals surface area contributed by atoms with Crippen molar-refractivity contribution in [1.82, 2.24) is 4.90 Å². The van der Waals surface area contributed by atoms with E-state index in [4.69, 9.17) is 23.8 Å². The molecule has 0 aliphatic carbocycles. The molecule has 21 heavy (non-hydrogen) atoms. The highest BCUT2D eigenvalue weighted by atomic mass is 35.5. The monoisotopic (exact) mass is 327 g/mol. The number of nitrogens with one attached hydrogen (secondary N) is 1. The van der Waals surface area contributed by atoms with Gasteiger partial charge < -0.3 is 10.2 Å². The third kappa shape index (κ3) is 4.04. The number of anilines is 1. The van der Waals surface area contributed by atoms with Crippen LogP contribution in [0, 0.1) is 22.0 Å². The van der Waals surface area contributed by atoms with Crippen LogP contribution in [0.5, 0.6) is 0 Å². The lowest BCUT2D eigenvalue weighted by Gasteiger charge is -2.36. The smallest absolute Gasteiger partial charge is 0.271 e. The number of benzene rings is 1. The quantitative estimate of drug-likeness (QED) is 0.507. The van der Waals surface area contributed by atoms with Crippen LogP contribution >= 0.6 is 23.8 Å². The van der Waals surface area contributed by atoms with Crippen LogP contribution in [0.1, 0.15) is 20.3 Å². The molecule has 0 aromatic heterocycles. The number of thiocarbonyl (C=S) groups is 1. The molecule has 0 amide bonds. The van der Waals surface area contributed by atoms with Gasteiger partial charge in [0.25, 0.3) is 5.69 Å². The van der Waals surface area contributed by atoms with E-state index in [0.717, 1.165) is 13.1 Å². The standard InChI is InChI=1S/C14H18ClN3O2S/c1-9-5-10(2)8-17(7-9)14(21)16-13-6-11(18(19)20)3-4-12(13)15/h3-4,6,9-10H,5,7-8H2,1-2H3,(H,16,21)/t9-,10-/m0/s1. The van der Waals surface area contributed by atoms with Crippen molar-refractivity contribution in [3.05, 3.63) is 33.3 Å². The number of piperidine rings is 1. The Balaban J connectivity index is 2.12. The molecule has 114 valence electrons. The van der Waals surface area contributed by atoms with E-state index in [2.05, 4.69) is 24.1 Å². The van der Waals surface area contributed by atoms with Crippen molar-refractivity contribution >= 4 is 40.3 Å². The molecule has 5 nitrogen and oxygen atoms in total. The van der Waals surface area contributed by atoms with Crippen LogP contribution in [-0.4, -0.2) is 28.0 Å². The summed E-state index contributed by atoms with van der Waals surface area (Å²) in [5, 5.41) is 14.8. The lowest BCUT2D eigenvalue weighted by atomic mass is 9.92. The van der Waals surface area contributed by atoms with Crippen molar-refractivity contribution in [3.8, 4) is 0 Å². The maximum atomic E-state index is 10.8. The number of hydrogen-bond acceptors (Lipinski definition) is 3. The maximum Gasteiger partial charge on any atom is 0.271 e. The predicted octanol–water partition coefficient (Wildman–Crippen LogP) is 3.92. The Morgan fingerprint density at radius 2 is 2.05 bits per heavy atom. The molecule has 2 rings (SSSR count). The average molecular weight is 328 g/mol. The number of hydrogen-bond donors (Lipinski definition) is 1. The van der Waals surface area contributed by atoms with Gasteiger partial charge in [-0.15, -0.1) is 0 Å². The molecule has 0 spiro atoms. The Labute approximate surface area is 134 Å². The molecule has 1 aromatic carbocycles. The highest BCUT2D eigenvalue weighted by Gasteiger charge is 2.24. The number of halogens is 1. The molecule has 7 heteroatoms. The first-order chi connectivity index (χ1) is 9.86. The van der Waals surface area contributed by atoms with Crippen LogP contribution in [0.4, 0.5) is 11.4 Å². The molecule has 0 radical (unpaired) electrons. The largest absolute Gasteiger partial charge is 0.348 e. The lowest BCUT2D eigenvalue weighted by molar-refractivity contribution is -0.384. The van der Waals surface area contributed by atoms with Gasteiger partial charge in [-0.2, -0.15) is 0 Å². The van der Waals surface area contributed by atoms with Crippen LogP contribution in [0.3, 0.4) is 0 Å². The van der Waals surface area contributed by atoms with Crippen molar-refractivity contribution in [2.24, 2.45) is 11.8 Å². The zero-order valence-electron chi connectivity index (χ0n) is 12.0. The SMILES string of the molecule is C[C@H]1C[C@H](C)CN(C(=S)Nc2cc([N+](=O)[O-])ccc2Cl)C1. The molecule has 0 bridgehead atoms.